The average Bonchev–Trinajstić information content (AvgIpc) is 2.39. The Hall–Kier alpha value is -2.01. The molecule has 0 aliphatic rings. The van der Waals surface area contributed by atoms with E-state index in [1.807, 2.05) is 13.8 Å². The van der Waals surface area contributed by atoms with Gasteiger partial charge in [-0.15, -0.1) is 0 Å². The lowest BCUT2D eigenvalue weighted by Gasteiger charge is -2.09. The van der Waals surface area contributed by atoms with Gasteiger partial charge in [0.25, 0.3) is 5.56 Å². The number of nitrogens with one attached hydrogen (secondary N) is 1. The molecule has 0 amide bonds. The van der Waals surface area contributed by atoms with Crippen molar-refractivity contribution in [1.29, 1.82) is 0 Å². The van der Waals surface area contributed by atoms with Gasteiger partial charge in [-0.25, -0.2) is 9.36 Å². The van der Waals surface area contributed by atoms with Gasteiger partial charge >= 0.3 is 5.69 Å². The number of H-pyrrole nitrogens is 1. The molecule has 2 aromatic rings. The van der Waals surface area contributed by atoms with E-state index in [0.29, 0.717) is 30.0 Å². The minimum absolute atomic E-state index is 0.0970. The van der Waals surface area contributed by atoms with Gasteiger partial charge in [-0.3, -0.25) is 9.78 Å². The minimum atomic E-state index is -0.564. The predicted molar refractivity (Wildman–Crippen MR) is 78.2 cm³/mol. The van der Waals surface area contributed by atoms with Crippen molar-refractivity contribution in [3.8, 4) is 11.4 Å². The van der Waals surface area contributed by atoms with E-state index in [0.717, 1.165) is 4.57 Å². The van der Waals surface area contributed by atoms with Crippen LogP contribution in [0.5, 0.6) is 5.75 Å². The Morgan fingerprint density at radius 2 is 2.05 bits per heavy atom. The van der Waals surface area contributed by atoms with Gasteiger partial charge in [0.05, 0.1) is 17.9 Å². The quantitative estimate of drug-likeness (QED) is 0.879. The van der Waals surface area contributed by atoms with Crippen molar-refractivity contribution in [1.82, 2.24) is 9.55 Å². The van der Waals surface area contributed by atoms with Gasteiger partial charge in [-0.2, -0.15) is 0 Å². The smallest absolute Gasteiger partial charge is 0.334 e. The summed E-state index contributed by atoms with van der Waals surface area (Å²) in [6.45, 7) is 4.18. The molecule has 2 rings (SSSR count). The number of halogens is 1. The summed E-state index contributed by atoms with van der Waals surface area (Å²) in [5.41, 5.74) is -0.137. The average molecular weight is 295 g/mol. The molecule has 0 saturated carbocycles. The molecule has 5 nitrogen and oxygen atoms in total. The Morgan fingerprint density at radius 3 is 2.70 bits per heavy atom. The fraction of sp³-hybridized carbons (Fsp3) is 0.286. The Kier molecular flexibility index (Phi) is 4.29. The fourth-order valence-corrected chi connectivity index (χ4v) is 2.26. The highest BCUT2D eigenvalue weighted by molar-refractivity contribution is 6.30. The van der Waals surface area contributed by atoms with Crippen LogP contribution in [0.25, 0.3) is 5.69 Å². The molecular weight excluding hydrogens is 280 g/mol. The zero-order valence-corrected chi connectivity index (χ0v) is 12.0. The number of hydrogen-bond acceptors (Lipinski definition) is 3. The Morgan fingerprint density at radius 1 is 1.30 bits per heavy atom. The van der Waals surface area contributed by atoms with Crippen LogP contribution in [-0.2, 0) is 6.42 Å². The third-order valence-corrected chi connectivity index (χ3v) is 3.21. The van der Waals surface area contributed by atoms with Gasteiger partial charge in [0.1, 0.15) is 10.9 Å². The summed E-state index contributed by atoms with van der Waals surface area (Å²) < 4.78 is 6.44. The Labute approximate surface area is 120 Å². The summed E-state index contributed by atoms with van der Waals surface area (Å²) in [6, 6.07) is 6.81. The molecule has 0 fully saturated rings. The molecule has 0 unspecified atom stereocenters. The number of benzene rings is 1. The summed E-state index contributed by atoms with van der Waals surface area (Å²) >= 11 is 5.88. The maximum absolute atomic E-state index is 12.3. The third kappa shape index (κ3) is 2.63. The number of hydrogen-bond donors (Lipinski definition) is 1. The molecule has 0 bridgehead atoms. The Bertz CT molecular complexity index is 734. The van der Waals surface area contributed by atoms with Crippen LogP contribution in [-0.4, -0.2) is 16.2 Å². The molecule has 0 spiro atoms. The highest BCUT2D eigenvalue weighted by Gasteiger charge is 2.13. The highest BCUT2D eigenvalue weighted by Crippen LogP contribution is 2.15. The van der Waals surface area contributed by atoms with Gasteiger partial charge in [-0.1, -0.05) is 24.6 Å². The lowest BCUT2D eigenvalue weighted by molar-refractivity contribution is 0.340. The molecule has 0 radical (unpaired) electrons. The predicted octanol–water partition coefficient (Wildman–Crippen LogP) is 2.14. The first-order valence-corrected chi connectivity index (χ1v) is 6.73. The van der Waals surface area contributed by atoms with Crippen LogP contribution in [0.3, 0.4) is 0 Å². The van der Waals surface area contributed by atoms with Crippen LogP contribution in [0.15, 0.2) is 33.9 Å². The van der Waals surface area contributed by atoms with Gasteiger partial charge in [-0.05, 0) is 25.5 Å². The van der Waals surface area contributed by atoms with Crippen molar-refractivity contribution in [3.63, 3.8) is 0 Å². The molecule has 1 N–H and O–H groups in total. The third-order valence-electron chi connectivity index (χ3n) is 2.89. The van der Waals surface area contributed by atoms with E-state index in [9.17, 15) is 9.59 Å². The number of aromatic nitrogens is 2. The van der Waals surface area contributed by atoms with Gasteiger partial charge in [0.2, 0.25) is 0 Å². The standard InChI is InChI=1S/C14H15ClN2O3/c1-3-11-12(15)16-14(19)17(13(11)18)9-6-5-7-10(8-9)20-4-2/h5-8H,3-4H2,1-2H3,(H,16,19). The second-order valence-electron chi connectivity index (χ2n) is 4.15. The van der Waals surface area contributed by atoms with E-state index in [-0.39, 0.29) is 5.15 Å². The molecule has 0 saturated heterocycles. The zero-order valence-electron chi connectivity index (χ0n) is 11.3. The maximum Gasteiger partial charge on any atom is 0.334 e. The van der Waals surface area contributed by atoms with Crippen molar-refractivity contribution in [3.05, 3.63) is 55.8 Å². The molecule has 0 aliphatic heterocycles. The first-order chi connectivity index (χ1) is 9.58. The van der Waals surface area contributed by atoms with Gasteiger partial charge < -0.3 is 4.74 Å². The molecule has 0 aliphatic carbocycles. The molecule has 1 heterocycles. The topological polar surface area (TPSA) is 64.1 Å². The molecule has 1 aromatic carbocycles. The zero-order chi connectivity index (χ0) is 14.7. The van der Waals surface area contributed by atoms with Crippen molar-refractivity contribution in [2.24, 2.45) is 0 Å². The van der Waals surface area contributed by atoms with Crippen LogP contribution >= 0.6 is 11.6 Å². The normalized spacial score (nSPS) is 10.6. The summed E-state index contributed by atoms with van der Waals surface area (Å²) in [7, 11) is 0. The second-order valence-corrected chi connectivity index (χ2v) is 4.53. The van der Waals surface area contributed by atoms with Crippen LogP contribution < -0.4 is 16.0 Å². The van der Waals surface area contributed by atoms with Crippen molar-refractivity contribution >= 4 is 11.6 Å². The van der Waals surface area contributed by atoms with Crippen LogP contribution in [0.2, 0.25) is 5.15 Å². The summed E-state index contributed by atoms with van der Waals surface area (Å²) in [5, 5.41) is 0.0970. The molecule has 6 heteroatoms. The van der Waals surface area contributed by atoms with E-state index in [1.165, 1.54) is 0 Å². The van der Waals surface area contributed by atoms with E-state index >= 15 is 0 Å². The number of nitrogens with zero attached hydrogens (tertiary/aromatic N) is 1. The largest absolute Gasteiger partial charge is 0.494 e. The van der Waals surface area contributed by atoms with Gasteiger partial charge in [0, 0.05) is 6.07 Å². The summed E-state index contributed by atoms with van der Waals surface area (Å²) in [6.07, 6.45) is 0.444. The highest BCUT2D eigenvalue weighted by atomic mass is 35.5. The van der Waals surface area contributed by atoms with E-state index in [4.69, 9.17) is 16.3 Å². The molecule has 1 aromatic heterocycles. The summed E-state index contributed by atoms with van der Waals surface area (Å²) in [5.74, 6) is 0.601. The number of aromatic amines is 1. The van der Waals surface area contributed by atoms with Crippen molar-refractivity contribution in [2.75, 3.05) is 6.61 Å². The number of rotatable bonds is 4. The van der Waals surface area contributed by atoms with Crippen LogP contribution in [0, 0.1) is 0 Å². The monoisotopic (exact) mass is 294 g/mol. The fourth-order valence-electron chi connectivity index (χ4n) is 1.97. The first kappa shape index (κ1) is 14.4. The molecule has 106 valence electrons. The summed E-state index contributed by atoms with van der Waals surface area (Å²) in [4.78, 5) is 26.8. The molecule has 20 heavy (non-hydrogen) atoms. The second kappa shape index (κ2) is 5.96. The molecular formula is C14H15ClN2O3. The van der Waals surface area contributed by atoms with Crippen molar-refractivity contribution < 1.29 is 4.74 Å². The van der Waals surface area contributed by atoms with Crippen LogP contribution in [0.4, 0.5) is 0 Å². The minimum Gasteiger partial charge on any atom is -0.494 e. The Balaban J connectivity index is 2.67. The lowest BCUT2D eigenvalue weighted by Crippen LogP contribution is -2.36. The van der Waals surface area contributed by atoms with E-state index < -0.39 is 11.2 Å². The lowest BCUT2D eigenvalue weighted by atomic mass is 10.2. The first-order valence-electron chi connectivity index (χ1n) is 6.35. The van der Waals surface area contributed by atoms with E-state index in [1.54, 1.807) is 24.3 Å². The van der Waals surface area contributed by atoms with E-state index in [2.05, 4.69) is 4.98 Å². The molecule has 0 atom stereocenters. The SMILES string of the molecule is CCOc1cccc(-n2c(=O)[nH]c(Cl)c(CC)c2=O)c1. The number of ether oxygens (including phenoxy) is 1. The van der Waals surface area contributed by atoms with Crippen LogP contribution in [0.1, 0.15) is 19.4 Å². The van der Waals surface area contributed by atoms with Crippen molar-refractivity contribution in [2.45, 2.75) is 20.3 Å². The van der Waals surface area contributed by atoms with Gasteiger partial charge in [0.15, 0.2) is 0 Å². The maximum atomic E-state index is 12.3.